The van der Waals surface area contributed by atoms with Gasteiger partial charge < -0.3 is 0 Å². The lowest BCUT2D eigenvalue weighted by Gasteiger charge is -2.17. The Balaban J connectivity index is 4.39. The molecule has 0 spiro atoms. The summed E-state index contributed by atoms with van der Waals surface area (Å²) in [7, 11) is 0. The van der Waals surface area contributed by atoms with Gasteiger partial charge in [0.1, 0.15) is 0 Å². The Bertz CT molecular complexity index is 139. The van der Waals surface area contributed by atoms with Crippen molar-refractivity contribution in [3.8, 4) is 12.3 Å². The van der Waals surface area contributed by atoms with Crippen molar-refractivity contribution >= 4 is 11.6 Å². The van der Waals surface area contributed by atoms with Gasteiger partial charge in [0.2, 0.25) is 0 Å². The van der Waals surface area contributed by atoms with Crippen LogP contribution in [-0.2, 0) is 0 Å². The van der Waals surface area contributed by atoms with E-state index in [9.17, 15) is 13.2 Å². The lowest BCUT2D eigenvalue weighted by Crippen LogP contribution is -2.34. The first kappa shape index (κ1) is 8.64. The highest BCUT2D eigenvalue weighted by atomic mass is 35.5. The van der Waals surface area contributed by atoms with E-state index in [0.29, 0.717) is 0 Å². The van der Waals surface area contributed by atoms with Crippen molar-refractivity contribution in [3.63, 3.8) is 0 Å². The van der Waals surface area contributed by atoms with E-state index in [-0.39, 0.29) is 0 Å². The van der Waals surface area contributed by atoms with Crippen molar-refractivity contribution in [3.05, 3.63) is 0 Å². The fourth-order valence-corrected chi connectivity index (χ4v) is 0.0818. The molecule has 0 amide bonds. The van der Waals surface area contributed by atoms with Crippen LogP contribution >= 0.6 is 11.6 Å². The lowest BCUT2D eigenvalue weighted by atomic mass is 10.2. The molecule has 0 N–H and O–H groups in total. The summed E-state index contributed by atoms with van der Waals surface area (Å²) >= 11 is 4.84. The van der Waals surface area contributed by atoms with Crippen LogP contribution in [-0.4, -0.2) is 11.1 Å². The Morgan fingerprint density at radius 3 is 1.78 bits per heavy atom. The third-order valence-corrected chi connectivity index (χ3v) is 1.13. The summed E-state index contributed by atoms with van der Waals surface area (Å²) in [4.78, 5) is -2.52. The molecule has 4 heteroatoms. The van der Waals surface area contributed by atoms with Gasteiger partial charge in [-0.3, -0.25) is 0 Å². The van der Waals surface area contributed by atoms with E-state index in [0.717, 1.165) is 6.92 Å². The first-order chi connectivity index (χ1) is 3.81. The van der Waals surface area contributed by atoms with E-state index >= 15 is 0 Å². The molecule has 0 radical (unpaired) electrons. The van der Waals surface area contributed by atoms with Gasteiger partial charge in [0, 0.05) is 0 Å². The molecule has 1 unspecified atom stereocenters. The fourth-order valence-electron chi connectivity index (χ4n) is 0.0818. The van der Waals surface area contributed by atoms with Crippen LogP contribution in [0, 0.1) is 12.3 Å². The maximum atomic E-state index is 11.6. The van der Waals surface area contributed by atoms with Crippen molar-refractivity contribution in [1.82, 2.24) is 0 Å². The molecule has 0 aromatic rings. The first-order valence-electron chi connectivity index (χ1n) is 2.04. The Morgan fingerprint density at radius 2 is 1.78 bits per heavy atom. The van der Waals surface area contributed by atoms with Crippen LogP contribution in [0.5, 0.6) is 0 Å². The van der Waals surface area contributed by atoms with Crippen LogP contribution < -0.4 is 0 Å². The van der Waals surface area contributed by atoms with Gasteiger partial charge in [0.25, 0.3) is 0 Å². The predicted molar refractivity (Wildman–Crippen MR) is 29.1 cm³/mol. The molecule has 0 saturated carbocycles. The summed E-state index contributed by atoms with van der Waals surface area (Å²) in [5, 5.41) is 0. The molecular weight excluding hydrogens is 153 g/mol. The summed E-state index contributed by atoms with van der Waals surface area (Å²) in [6, 6.07) is 0. The molecular formula is C5H4ClF3. The van der Waals surface area contributed by atoms with Crippen LogP contribution in [0.15, 0.2) is 0 Å². The average molecular weight is 157 g/mol. The molecule has 0 rings (SSSR count). The van der Waals surface area contributed by atoms with E-state index in [4.69, 9.17) is 11.6 Å². The Morgan fingerprint density at radius 1 is 1.44 bits per heavy atom. The van der Waals surface area contributed by atoms with Gasteiger partial charge in [-0.15, -0.1) is 6.42 Å². The molecule has 0 nitrogen and oxygen atoms in total. The Kier molecular flexibility index (Phi) is 2.02. The number of hydrogen-bond acceptors (Lipinski definition) is 0. The smallest absolute Gasteiger partial charge is 0.168 e. The Labute approximate surface area is 56.0 Å². The number of alkyl halides is 4. The molecule has 0 aromatic carbocycles. The summed E-state index contributed by atoms with van der Waals surface area (Å²) in [6.45, 7) is 0.731. The number of hydrogen-bond donors (Lipinski definition) is 0. The quantitative estimate of drug-likeness (QED) is 0.373. The van der Waals surface area contributed by atoms with Gasteiger partial charge in [-0.05, 0) is 6.92 Å². The summed E-state index contributed by atoms with van der Waals surface area (Å²) in [5.74, 6) is 1.42. The van der Waals surface area contributed by atoms with Crippen LogP contribution in [0.1, 0.15) is 6.92 Å². The largest absolute Gasteiger partial charge is 0.418 e. The van der Waals surface area contributed by atoms with Crippen molar-refractivity contribution in [1.29, 1.82) is 0 Å². The van der Waals surface area contributed by atoms with Crippen molar-refractivity contribution < 1.29 is 13.2 Å². The minimum atomic E-state index is -4.52. The molecule has 0 aliphatic rings. The zero-order valence-electron chi connectivity index (χ0n) is 4.59. The van der Waals surface area contributed by atoms with Gasteiger partial charge in [0.05, 0.1) is 0 Å². The normalized spacial score (nSPS) is 18.2. The fraction of sp³-hybridized carbons (Fsp3) is 0.600. The van der Waals surface area contributed by atoms with Crippen LogP contribution in [0.4, 0.5) is 13.2 Å². The molecule has 1 atom stereocenters. The van der Waals surface area contributed by atoms with Gasteiger partial charge in [-0.25, -0.2) is 0 Å². The van der Waals surface area contributed by atoms with Crippen molar-refractivity contribution in [2.75, 3.05) is 0 Å². The molecule has 0 bridgehead atoms. The van der Waals surface area contributed by atoms with Gasteiger partial charge >= 0.3 is 6.18 Å². The van der Waals surface area contributed by atoms with Gasteiger partial charge in [-0.1, -0.05) is 17.5 Å². The van der Waals surface area contributed by atoms with Gasteiger partial charge in [0.15, 0.2) is 4.87 Å². The molecule has 0 aliphatic heterocycles. The minimum absolute atomic E-state index is 0.731. The molecule has 0 aliphatic carbocycles. The molecule has 9 heavy (non-hydrogen) atoms. The third-order valence-electron chi connectivity index (χ3n) is 0.803. The first-order valence-corrected chi connectivity index (χ1v) is 2.42. The van der Waals surface area contributed by atoms with Crippen molar-refractivity contribution in [2.45, 2.75) is 18.0 Å². The second kappa shape index (κ2) is 2.11. The van der Waals surface area contributed by atoms with Crippen LogP contribution in [0.25, 0.3) is 0 Å². The maximum Gasteiger partial charge on any atom is 0.418 e. The average Bonchev–Trinajstić information content (AvgIpc) is 1.64. The number of rotatable bonds is 0. The zero-order chi connectivity index (χ0) is 7.71. The predicted octanol–water partition coefficient (Wildman–Crippen LogP) is 2.18. The molecule has 0 aromatic heterocycles. The summed E-state index contributed by atoms with van der Waals surface area (Å²) in [5.41, 5.74) is 0. The maximum absolute atomic E-state index is 11.6. The highest BCUT2D eigenvalue weighted by Gasteiger charge is 2.48. The molecule has 0 fully saturated rings. The summed E-state index contributed by atoms with van der Waals surface area (Å²) < 4.78 is 34.7. The topological polar surface area (TPSA) is 0 Å². The van der Waals surface area contributed by atoms with E-state index in [2.05, 4.69) is 6.42 Å². The lowest BCUT2D eigenvalue weighted by molar-refractivity contribution is -0.143. The monoisotopic (exact) mass is 156 g/mol. The minimum Gasteiger partial charge on any atom is -0.168 e. The molecule has 0 saturated heterocycles. The second-order valence-corrected chi connectivity index (χ2v) is 2.40. The number of terminal acetylenes is 1. The molecule has 0 heterocycles. The Hall–Kier alpha value is -0.360. The van der Waals surface area contributed by atoms with Crippen molar-refractivity contribution in [2.24, 2.45) is 0 Å². The van der Waals surface area contributed by atoms with E-state index in [1.54, 1.807) is 0 Å². The number of halogens is 4. The SMILES string of the molecule is C#CC(C)(Cl)C(F)(F)F. The second-order valence-electron chi connectivity index (χ2n) is 1.65. The standard InChI is InChI=1S/C5H4ClF3/c1-3-4(2,6)5(7,8)9/h1H,2H3. The van der Waals surface area contributed by atoms with Crippen LogP contribution in [0.2, 0.25) is 0 Å². The molecule has 52 valence electrons. The highest BCUT2D eigenvalue weighted by molar-refractivity contribution is 6.26. The summed E-state index contributed by atoms with van der Waals surface area (Å²) in [6.07, 6.45) is -0.0340. The van der Waals surface area contributed by atoms with E-state index < -0.39 is 11.1 Å². The zero-order valence-corrected chi connectivity index (χ0v) is 5.35. The van der Waals surface area contributed by atoms with Gasteiger partial charge in [-0.2, -0.15) is 13.2 Å². The van der Waals surface area contributed by atoms with E-state index in [1.807, 2.05) is 0 Å². The van der Waals surface area contributed by atoms with E-state index in [1.165, 1.54) is 5.92 Å². The van der Waals surface area contributed by atoms with Crippen LogP contribution in [0.3, 0.4) is 0 Å². The third kappa shape index (κ3) is 1.79. The highest BCUT2D eigenvalue weighted by Crippen LogP contribution is 2.34.